The Labute approximate surface area is 154 Å². The lowest BCUT2D eigenvalue weighted by molar-refractivity contribution is 0.0945. The van der Waals surface area contributed by atoms with Crippen molar-refractivity contribution >= 4 is 11.7 Å². The van der Waals surface area contributed by atoms with Crippen molar-refractivity contribution in [1.29, 1.82) is 0 Å². The van der Waals surface area contributed by atoms with Gasteiger partial charge < -0.3 is 20.1 Å². The maximum Gasteiger partial charge on any atom is 0.270 e. The van der Waals surface area contributed by atoms with Crippen LogP contribution in [0.2, 0.25) is 0 Å². The Balaban J connectivity index is 2.05. The molecule has 0 aliphatic rings. The van der Waals surface area contributed by atoms with Crippen LogP contribution in [-0.2, 0) is 6.54 Å². The van der Waals surface area contributed by atoms with E-state index in [1.165, 1.54) is 0 Å². The molecular weight excluding hydrogens is 332 g/mol. The zero-order valence-electron chi connectivity index (χ0n) is 15.9. The maximum absolute atomic E-state index is 12.5. The average molecular weight is 358 g/mol. The van der Waals surface area contributed by atoms with Gasteiger partial charge in [0.1, 0.15) is 17.3 Å². The van der Waals surface area contributed by atoms with E-state index in [0.29, 0.717) is 41.3 Å². The quantitative estimate of drug-likeness (QED) is 0.755. The highest BCUT2D eigenvalue weighted by Gasteiger charge is 2.11. The molecule has 7 nitrogen and oxygen atoms in total. The van der Waals surface area contributed by atoms with Gasteiger partial charge in [0.15, 0.2) is 11.5 Å². The summed E-state index contributed by atoms with van der Waals surface area (Å²) in [6, 6.07) is 7.19. The molecule has 2 aromatic rings. The molecule has 0 atom stereocenters. The molecule has 0 fully saturated rings. The number of anilines is 1. The zero-order chi connectivity index (χ0) is 19.1. The number of carbonyl (C=O) groups is 1. The lowest BCUT2D eigenvalue weighted by Crippen LogP contribution is -2.24. The molecule has 2 N–H and O–H groups in total. The van der Waals surface area contributed by atoms with Crippen molar-refractivity contribution in [2.45, 2.75) is 27.3 Å². The molecule has 0 aliphatic heterocycles. The molecule has 2 rings (SSSR count). The largest absolute Gasteiger partial charge is 0.493 e. The number of carbonyl (C=O) groups excluding carboxylic acids is 1. The van der Waals surface area contributed by atoms with E-state index >= 15 is 0 Å². The number of aryl methyl sites for hydroxylation is 1. The van der Waals surface area contributed by atoms with Gasteiger partial charge in [-0.05, 0) is 30.5 Å². The monoisotopic (exact) mass is 358 g/mol. The number of ether oxygens (including phenoxy) is 2. The molecule has 0 spiro atoms. The smallest absolute Gasteiger partial charge is 0.270 e. The topological polar surface area (TPSA) is 85.4 Å². The summed E-state index contributed by atoms with van der Waals surface area (Å²) in [6.45, 7) is 7.13. The Morgan fingerprint density at radius 2 is 1.85 bits per heavy atom. The first kappa shape index (κ1) is 19.5. The van der Waals surface area contributed by atoms with Gasteiger partial charge in [0.05, 0.1) is 14.2 Å². The summed E-state index contributed by atoms with van der Waals surface area (Å²) in [5.41, 5.74) is 1.24. The Hall–Kier alpha value is -2.83. The molecule has 1 aromatic heterocycles. The van der Waals surface area contributed by atoms with Gasteiger partial charge in [0, 0.05) is 19.2 Å². The maximum atomic E-state index is 12.5. The van der Waals surface area contributed by atoms with Gasteiger partial charge in [-0.2, -0.15) is 0 Å². The molecule has 0 radical (unpaired) electrons. The molecule has 0 bridgehead atoms. The highest BCUT2D eigenvalue weighted by molar-refractivity contribution is 5.92. The zero-order valence-corrected chi connectivity index (χ0v) is 15.9. The van der Waals surface area contributed by atoms with Crippen molar-refractivity contribution < 1.29 is 14.3 Å². The Bertz CT molecular complexity index is 762. The second-order valence-electron chi connectivity index (χ2n) is 6.33. The van der Waals surface area contributed by atoms with Gasteiger partial charge in [-0.15, -0.1) is 0 Å². The fourth-order valence-corrected chi connectivity index (χ4v) is 2.35. The van der Waals surface area contributed by atoms with E-state index in [1.54, 1.807) is 27.2 Å². The fourth-order valence-electron chi connectivity index (χ4n) is 2.35. The van der Waals surface area contributed by atoms with Gasteiger partial charge in [-0.3, -0.25) is 4.79 Å². The average Bonchev–Trinajstić information content (AvgIpc) is 2.63. The molecule has 1 aromatic carbocycles. The van der Waals surface area contributed by atoms with Crippen LogP contribution in [0.4, 0.5) is 5.82 Å². The van der Waals surface area contributed by atoms with Crippen LogP contribution >= 0.6 is 0 Å². The summed E-state index contributed by atoms with van der Waals surface area (Å²) in [4.78, 5) is 21.0. The molecule has 26 heavy (non-hydrogen) atoms. The summed E-state index contributed by atoms with van der Waals surface area (Å²) in [6.07, 6.45) is 0. The second-order valence-corrected chi connectivity index (χ2v) is 6.33. The van der Waals surface area contributed by atoms with Crippen LogP contribution in [0.3, 0.4) is 0 Å². The summed E-state index contributed by atoms with van der Waals surface area (Å²) in [7, 11) is 3.16. The number of rotatable bonds is 8. The second kappa shape index (κ2) is 9.03. The lowest BCUT2D eigenvalue weighted by atomic mass is 10.2. The minimum atomic E-state index is -0.252. The molecule has 1 heterocycles. The minimum absolute atomic E-state index is 0.252. The number of nitrogens with one attached hydrogen (secondary N) is 2. The predicted molar refractivity (Wildman–Crippen MR) is 101 cm³/mol. The van der Waals surface area contributed by atoms with Crippen LogP contribution in [0.25, 0.3) is 0 Å². The van der Waals surface area contributed by atoms with E-state index in [9.17, 15) is 4.79 Å². The summed E-state index contributed by atoms with van der Waals surface area (Å²) in [5.74, 6) is 2.70. The van der Waals surface area contributed by atoms with Crippen LogP contribution in [0, 0.1) is 12.8 Å². The third kappa shape index (κ3) is 5.34. The van der Waals surface area contributed by atoms with E-state index in [4.69, 9.17) is 9.47 Å². The predicted octanol–water partition coefficient (Wildman–Crippen LogP) is 2.80. The SMILES string of the molecule is COc1ccc(CNC(=O)c2cc(NCC(C)C)nc(C)n2)cc1OC. The number of hydrogen-bond acceptors (Lipinski definition) is 6. The van der Waals surface area contributed by atoms with Gasteiger partial charge >= 0.3 is 0 Å². The molecular formula is C19H26N4O3. The Morgan fingerprint density at radius 3 is 2.50 bits per heavy atom. The van der Waals surface area contributed by atoms with Crippen LogP contribution in [-0.4, -0.2) is 36.6 Å². The van der Waals surface area contributed by atoms with Crippen molar-refractivity contribution in [2.75, 3.05) is 26.1 Å². The van der Waals surface area contributed by atoms with E-state index in [0.717, 1.165) is 12.1 Å². The molecule has 7 heteroatoms. The number of methoxy groups -OCH3 is 2. The van der Waals surface area contributed by atoms with Crippen LogP contribution in [0.15, 0.2) is 24.3 Å². The minimum Gasteiger partial charge on any atom is -0.493 e. The summed E-state index contributed by atoms with van der Waals surface area (Å²) < 4.78 is 10.5. The highest BCUT2D eigenvalue weighted by atomic mass is 16.5. The molecule has 140 valence electrons. The number of hydrogen-bond donors (Lipinski definition) is 2. The number of aromatic nitrogens is 2. The number of nitrogens with zero attached hydrogens (tertiary/aromatic N) is 2. The Kier molecular flexibility index (Phi) is 6.77. The highest BCUT2D eigenvalue weighted by Crippen LogP contribution is 2.27. The van der Waals surface area contributed by atoms with Crippen LogP contribution in [0.1, 0.15) is 35.7 Å². The van der Waals surface area contributed by atoms with E-state index in [1.807, 2.05) is 18.2 Å². The normalized spacial score (nSPS) is 10.5. The van der Waals surface area contributed by atoms with Crippen molar-refractivity contribution in [3.05, 3.63) is 41.3 Å². The van der Waals surface area contributed by atoms with E-state index in [-0.39, 0.29) is 5.91 Å². The van der Waals surface area contributed by atoms with Gasteiger partial charge in [0.25, 0.3) is 5.91 Å². The van der Waals surface area contributed by atoms with Crippen molar-refractivity contribution in [3.63, 3.8) is 0 Å². The van der Waals surface area contributed by atoms with Crippen molar-refractivity contribution in [1.82, 2.24) is 15.3 Å². The van der Waals surface area contributed by atoms with Crippen LogP contribution < -0.4 is 20.1 Å². The molecule has 0 saturated carbocycles. The lowest BCUT2D eigenvalue weighted by Gasteiger charge is -2.12. The van der Waals surface area contributed by atoms with E-state index in [2.05, 4.69) is 34.4 Å². The van der Waals surface area contributed by atoms with Crippen molar-refractivity contribution in [3.8, 4) is 11.5 Å². The first-order valence-electron chi connectivity index (χ1n) is 8.51. The van der Waals surface area contributed by atoms with E-state index < -0.39 is 0 Å². The van der Waals surface area contributed by atoms with Crippen molar-refractivity contribution in [2.24, 2.45) is 5.92 Å². The molecule has 0 aliphatic carbocycles. The Morgan fingerprint density at radius 1 is 1.12 bits per heavy atom. The summed E-state index contributed by atoms with van der Waals surface area (Å²) >= 11 is 0. The first-order valence-corrected chi connectivity index (χ1v) is 8.51. The molecule has 0 saturated heterocycles. The van der Waals surface area contributed by atoms with Gasteiger partial charge in [-0.25, -0.2) is 9.97 Å². The summed E-state index contributed by atoms with van der Waals surface area (Å²) in [5, 5.41) is 6.09. The molecule has 0 unspecified atom stereocenters. The van der Waals surface area contributed by atoms with Gasteiger partial charge in [0.2, 0.25) is 0 Å². The number of benzene rings is 1. The third-order valence-corrected chi connectivity index (χ3v) is 3.66. The van der Waals surface area contributed by atoms with Crippen LogP contribution in [0.5, 0.6) is 11.5 Å². The third-order valence-electron chi connectivity index (χ3n) is 3.66. The number of amides is 1. The van der Waals surface area contributed by atoms with Gasteiger partial charge in [-0.1, -0.05) is 19.9 Å². The first-order chi connectivity index (χ1) is 12.4. The molecule has 1 amide bonds. The standard InChI is InChI=1S/C19H26N4O3/c1-12(2)10-20-18-9-15(22-13(3)23-18)19(24)21-11-14-6-7-16(25-4)17(8-14)26-5/h6-9,12H,10-11H2,1-5H3,(H,21,24)(H,20,22,23). The fraction of sp³-hybridized carbons (Fsp3) is 0.421.